The van der Waals surface area contributed by atoms with Crippen LogP contribution in [0.2, 0.25) is 0 Å². The highest BCUT2D eigenvalue weighted by molar-refractivity contribution is 5.74. The summed E-state index contributed by atoms with van der Waals surface area (Å²) < 4.78 is 0. The normalized spacial score (nSPS) is 12.0. The number of rotatable bonds is 7. The predicted octanol–water partition coefficient (Wildman–Crippen LogP) is 0.158. The number of benzene rings is 1. The molecule has 0 aromatic heterocycles. The minimum atomic E-state index is -1.11. The lowest BCUT2D eigenvalue weighted by molar-refractivity contribution is -0.140. The van der Waals surface area contributed by atoms with Crippen LogP contribution in [0.25, 0.3) is 0 Å². The fraction of sp³-hybridized carbons (Fsp3) is 0.333. The van der Waals surface area contributed by atoms with E-state index in [1.54, 1.807) is 0 Å². The molecule has 1 rings (SSSR count). The lowest BCUT2D eigenvalue weighted by Gasteiger charge is -2.14. The van der Waals surface area contributed by atoms with Gasteiger partial charge in [0.1, 0.15) is 6.04 Å². The number of carbonyl (C=O) groups is 2. The summed E-state index contributed by atoms with van der Waals surface area (Å²) >= 11 is 0. The van der Waals surface area contributed by atoms with E-state index < -0.39 is 18.0 Å². The summed E-state index contributed by atoms with van der Waals surface area (Å²) in [4.78, 5) is 21.4. The highest BCUT2D eigenvalue weighted by Crippen LogP contribution is 2.25. The molecular weight excluding hydrogens is 254 g/mol. The molecular formula is C12H15NO6. The lowest BCUT2D eigenvalue weighted by atomic mass is 10.1. The van der Waals surface area contributed by atoms with E-state index in [9.17, 15) is 14.7 Å². The molecule has 7 heteroatoms. The van der Waals surface area contributed by atoms with E-state index in [0.717, 1.165) is 0 Å². The van der Waals surface area contributed by atoms with Crippen LogP contribution >= 0.6 is 0 Å². The summed E-state index contributed by atoms with van der Waals surface area (Å²) in [5.74, 6) is -2.74. The van der Waals surface area contributed by atoms with Gasteiger partial charge in [0.25, 0.3) is 0 Å². The Morgan fingerprint density at radius 1 is 1.16 bits per heavy atom. The Bertz CT molecular complexity index is 473. The zero-order chi connectivity index (χ0) is 14.4. The van der Waals surface area contributed by atoms with Crippen LogP contribution in [0.3, 0.4) is 0 Å². The molecule has 1 aromatic carbocycles. The molecule has 1 atom stereocenters. The smallest absolute Gasteiger partial charge is 0.321 e. The minimum Gasteiger partial charge on any atom is -0.504 e. The third kappa shape index (κ3) is 4.84. The van der Waals surface area contributed by atoms with Gasteiger partial charge in [0.05, 0.1) is 6.42 Å². The Labute approximate surface area is 109 Å². The first-order chi connectivity index (χ1) is 8.90. The van der Waals surface area contributed by atoms with Gasteiger partial charge in [-0.1, -0.05) is 6.07 Å². The molecule has 0 saturated heterocycles. The van der Waals surface area contributed by atoms with Crippen molar-refractivity contribution in [3.8, 4) is 11.5 Å². The van der Waals surface area contributed by atoms with Gasteiger partial charge in [-0.2, -0.15) is 0 Å². The lowest BCUT2D eigenvalue weighted by Crippen LogP contribution is -2.39. The molecule has 0 aliphatic heterocycles. The Morgan fingerprint density at radius 3 is 2.37 bits per heavy atom. The average molecular weight is 269 g/mol. The second-order valence-electron chi connectivity index (χ2n) is 4.02. The van der Waals surface area contributed by atoms with Crippen LogP contribution in [0.4, 0.5) is 0 Å². The van der Waals surface area contributed by atoms with Gasteiger partial charge >= 0.3 is 11.9 Å². The van der Waals surface area contributed by atoms with Gasteiger partial charge in [-0.25, -0.2) is 0 Å². The van der Waals surface area contributed by atoms with Crippen LogP contribution in [0.5, 0.6) is 11.5 Å². The maximum absolute atomic E-state index is 11.0. The zero-order valence-corrected chi connectivity index (χ0v) is 10.0. The van der Waals surface area contributed by atoms with Crippen LogP contribution in [0.15, 0.2) is 18.2 Å². The van der Waals surface area contributed by atoms with E-state index in [2.05, 4.69) is 5.32 Å². The Morgan fingerprint density at radius 2 is 1.84 bits per heavy atom. The standard InChI is InChI=1S/C12H15NO6/c14-9-2-1-7(6-10(9)15)5-8(12(18)19)13-4-3-11(16)17/h1-2,6,8,13-15H,3-5H2,(H,16,17)(H,18,19). The van der Waals surface area contributed by atoms with Gasteiger partial charge < -0.3 is 25.7 Å². The van der Waals surface area contributed by atoms with E-state index in [-0.39, 0.29) is 30.9 Å². The third-order valence-corrected chi connectivity index (χ3v) is 2.51. The fourth-order valence-corrected chi connectivity index (χ4v) is 1.53. The first kappa shape index (κ1) is 14.8. The molecule has 19 heavy (non-hydrogen) atoms. The predicted molar refractivity (Wildman–Crippen MR) is 65.2 cm³/mol. The SMILES string of the molecule is O=C(O)CCNC(Cc1ccc(O)c(O)c1)C(=O)O. The highest BCUT2D eigenvalue weighted by atomic mass is 16.4. The van der Waals surface area contributed by atoms with Gasteiger partial charge in [0.15, 0.2) is 11.5 Å². The van der Waals surface area contributed by atoms with E-state index >= 15 is 0 Å². The summed E-state index contributed by atoms with van der Waals surface area (Å²) in [7, 11) is 0. The Kier molecular flexibility index (Phi) is 5.13. The molecule has 0 bridgehead atoms. The molecule has 1 aromatic rings. The van der Waals surface area contributed by atoms with Crippen molar-refractivity contribution < 1.29 is 30.0 Å². The monoisotopic (exact) mass is 269 g/mol. The number of phenols is 2. The summed E-state index contributed by atoms with van der Waals surface area (Å²) in [6.07, 6.45) is -0.104. The van der Waals surface area contributed by atoms with Crippen LogP contribution < -0.4 is 5.32 Å². The number of hydrogen-bond donors (Lipinski definition) is 5. The van der Waals surface area contributed by atoms with Crippen molar-refractivity contribution in [3.05, 3.63) is 23.8 Å². The average Bonchev–Trinajstić information content (AvgIpc) is 2.32. The molecule has 104 valence electrons. The van der Waals surface area contributed by atoms with Crippen LogP contribution in [0, 0.1) is 0 Å². The summed E-state index contributed by atoms with van der Waals surface area (Å²) in [6, 6.07) is 3.07. The van der Waals surface area contributed by atoms with Gasteiger partial charge in [-0.15, -0.1) is 0 Å². The van der Waals surface area contributed by atoms with Gasteiger partial charge in [0.2, 0.25) is 0 Å². The van der Waals surface area contributed by atoms with E-state index in [4.69, 9.17) is 15.3 Å². The molecule has 0 radical (unpaired) electrons. The number of phenolic OH excluding ortho intramolecular Hbond substituents is 2. The van der Waals surface area contributed by atoms with Crippen LogP contribution in [-0.4, -0.2) is 45.0 Å². The van der Waals surface area contributed by atoms with Crippen molar-refractivity contribution in [1.29, 1.82) is 0 Å². The molecule has 5 N–H and O–H groups in total. The number of aliphatic carboxylic acids is 2. The van der Waals surface area contributed by atoms with Crippen molar-refractivity contribution in [2.45, 2.75) is 18.9 Å². The second-order valence-corrected chi connectivity index (χ2v) is 4.02. The molecule has 0 saturated carbocycles. The summed E-state index contributed by atoms with van der Waals surface area (Å²) in [5, 5.41) is 38.5. The second kappa shape index (κ2) is 6.60. The molecule has 0 fully saturated rings. The first-order valence-electron chi connectivity index (χ1n) is 5.59. The fourth-order valence-electron chi connectivity index (χ4n) is 1.53. The number of nitrogens with one attached hydrogen (secondary N) is 1. The Balaban J connectivity index is 2.64. The largest absolute Gasteiger partial charge is 0.504 e. The third-order valence-electron chi connectivity index (χ3n) is 2.51. The molecule has 0 amide bonds. The van der Waals surface area contributed by atoms with Gasteiger partial charge in [-0.05, 0) is 24.1 Å². The van der Waals surface area contributed by atoms with Gasteiger partial charge in [0, 0.05) is 6.54 Å². The quantitative estimate of drug-likeness (QED) is 0.446. The van der Waals surface area contributed by atoms with E-state index in [0.29, 0.717) is 5.56 Å². The highest BCUT2D eigenvalue weighted by Gasteiger charge is 2.18. The van der Waals surface area contributed by atoms with Crippen molar-refractivity contribution in [2.24, 2.45) is 0 Å². The van der Waals surface area contributed by atoms with E-state index in [1.165, 1.54) is 18.2 Å². The maximum Gasteiger partial charge on any atom is 0.321 e. The van der Waals surface area contributed by atoms with Crippen LogP contribution in [-0.2, 0) is 16.0 Å². The number of aromatic hydroxyl groups is 2. The van der Waals surface area contributed by atoms with Crippen molar-refractivity contribution in [1.82, 2.24) is 5.32 Å². The number of carboxylic acids is 2. The zero-order valence-electron chi connectivity index (χ0n) is 10.0. The van der Waals surface area contributed by atoms with Crippen LogP contribution in [0.1, 0.15) is 12.0 Å². The molecule has 0 spiro atoms. The van der Waals surface area contributed by atoms with Crippen molar-refractivity contribution in [3.63, 3.8) is 0 Å². The number of carboxylic acid groups (broad SMARTS) is 2. The number of hydrogen-bond acceptors (Lipinski definition) is 5. The Hall–Kier alpha value is -2.28. The van der Waals surface area contributed by atoms with Crippen molar-refractivity contribution in [2.75, 3.05) is 6.54 Å². The molecule has 7 nitrogen and oxygen atoms in total. The summed E-state index contributed by atoms with van der Waals surface area (Å²) in [5.41, 5.74) is 0.519. The molecule has 0 heterocycles. The van der Waals surface area contributed by atoms with Crippen molar-refractivity contribution >= 4 is 11.9 Å². The molecule has 1 unspecified atom stereocenters. The van der Waals surface area contributed by atoms with E-state index in [1.807, 2.05) is 0 Å². The molecule has 0 aliphatic carbocycles. The van der Waals surface area contributed by atoms with Gasteiger partial charge in [-0.3, -0.25) is 9.59 Å². The molecule has 0 aliphatic rings. The maximum atomic E-state index is 11.0. The minimum absolute atomic E-state index is 0.0381. The first-order valence-corrected chi connectivity index (χ1v) is 5.59. The topological polar surface area (TPSA) is 127 Å². The summed E-state index contributed by atoms with van der Waals surface area (Å²) in [6.45, 7) is 0.0381.